The summed E-state index contributed by atoms with van der Waals surface area (Å²) in [5, 5.41) is 9.65. The summed E-state index contributed by atoms with van der Waals surface area (Å²) in [6.45, 7) is 3.56. The topological polar surface area (TPSA) is 74.8 Å². The van der Waals surface area contributed by atoms with E-state index in [4.69, 9.17) is 4.74 Å². The zero-order valence-corrected chi connectivity index (χ0v) is 14.3. The largest absolute Gasteiger partial charge is 0.368 e. The molecule has 3 N–H and O–H groups in total. The molecule has 1 aliphatic carbocycles. The molecule has 130 valence electrons. The number of hydrogen-bond acceptors (Lipinski definition) is 3. The molecule has 3 rings (SSSR count). The maximum Gasteiger partial charge on any atom is 0.253 e. The van der Waals surface area contributed by atoms with E-state index in [2.05, 4.69) is 27.9 Å². The molecule has 6 heteroatoms. The van der Waals surface area contributed by atoms with Crippen molar-refractivity contribution in [2.45, 2.75) is 44.9 Å². The van der Waals surface area contributed by atoms with Gasteiger partial charge in [0.1, 0.15) is 6.10 Å². The highest BCUT2D eigenvalue weighted by Crippen LogP contribution is 2.28. The van der Waals surface area contributed by atoms with Crippen molar-refractivity contribution in [1.82, 2.24) is 10.6 Å². The van der Waals surface area contributed by atoms with Gasteiger partial charge in [-0.15, -0.1) is 0 Å². The van der Waals surface area contributed by atoms with E-state index >= 15 is 0 Å². The van der Waals surface area contributed by atoms with Gasteiger partial charge in [-0.25, -0.2) is 0 Å². The highest BCUT2D eigenvalue weighted by Gasteiger charge is 2.33. The summed E-state index contributed by atoms with van der Waals surface area (Å²) in [5.74, 6) is 1.48. The maximum absolute atomic E-state index is 12.1. The van der Waals surface area contributed by atoms with Crippen LogP contribution < -0.4 is 16.0 Å². The smallest absolute Gasteiger partial charge is 0.253 e. The van der Waals surface area contributed by atoms with Gasteiger partial charge in [0, 0.05) is 31.9 Å². The van der Waals surface area contributed by atoms with Crippen LogP contribution in [0.25, 0.3) is 0 Å². The Hall–Kier alpha value is -2.08. The molecule has 1 aromatic carbocycles. The van der Waals surface area contributed by atoms with Crippen LogP contribution in [-0.2, 0) is 16.1 Å². The molecule has 1 aliphatic heterocycles. The Morgan fingerprint density at radius 3 is 2.92 bits per heavy atom. The van der Waals surface area contributed by atoms with Crippen LogP contribution in [0.15, 0.2) is 29.3 Å². The number of rotatable bonds is 5. The molecule has 1 saturated heterocycles. The summed E-state index contributed by atoms with van der Waals surface area (Å²) in [7, 11) is 1.78. The molecule has 3 atom stereocenters. The van der Waals surface area contributed by atoms with Crippen molar-refractivity contribution in [2.24, 2.45) is 10.9 Å². The molecule has 2 fully saturated rings. The number of carbonyl (C=O) groups is 1. The Morgan fingerprint density at radius 2 is 2.25 bits per heavy atom. The number of nitrogens with zero attached hydrogens (tertiary/aromatic N) is 1. The van der Waals surface area contributed by atoms with Gasteiger partial charge in [-0.2, -0.15) is 0 Å². The predicted molar refractivity (Wildman–Crippen MR) is 94.9 cm³/mol. The molecule has 1 saturated carbocycles. The van der Waals surface area contributed by atoms with Crippen LogP contribution >= 0.6 is 0 Å². The lowest BCUT2D eigenvalue weighted by molar-refractivity contribution is -0.124. The van der Waals surface area contributed by atoms with Crippen molar-refractivity contribution in [3.63, 3.8) is 0 Å². The van der Waals surface area contributed by atoms with Crippen molar-refractivity contribution in [2.75, 3.05) is 19.0 Å². The van der Waals surface area contributed by atoms with Crippen molar-refractivity contribution in [3.8, 4) is 0 Å². The van der Waals surface area contributed by atoms with Gasteiger partial charge in [-0.05, 0) is 42.9 Å². The Kier molecular flexibility index (Phi) is 5.35. The van der Waals surface area contributed by atoms with E-state index in [1.165, 1.54) is 6.42 Å². The van der Waals surface area contributed by atoms with Crippen LogP contribution in [0.5, 0.6) is 0 Å². The summed E-state index contributed by atoms with van der Waals surface area (Å²) in [6.07, 6.45) is 2.64. The molecule has 0 bridgehead atoms. The van der Waals surface area contributed by atoms with Gasteiger partial charge in [0.15, 0.2) is 5.96 Å². The van der Waals surface area contributed by atoms with Crippen molar-refractivity contribution < 1.29 is 9.53 Å². The predicted octanol–water partition coefficient (Wildman–Crippen LogP) is 1.88. The summed E-state index contributed by atoms with van der Waals surface area (Å²) >= 11 is 0. The van der Waals surface area contributed by atoms with Crippen molar-refractivity contribution in [1.29, 1.82) is 0 Å². The SMILES string of the molecule is CN=C(NCc1cccc(NC(=O)C2CCCO2)c1)NC1CC1C. The van der Waals surface area contributed by atoms with Crippen LogP contribution in [0.4, 0.5) is 5.69 Å². The zero-order chi connectivity index (χ0) is 16.9. The van der Waals surface area contributed by atoms with Crippen LogP contribution in [0, 0.1) is 5.92 Å². The monoisotopic (exact) mass is 330 g/mol. The second-order valence-corrected chi connectivity index (χ2v) is 6.58. The number of amides is 1. The highest BCUT2D eigenvalue weighted by atomic mass is 16.5. The lowest BCUT2D eigenvalue weighted by Crippen LogP contribution is -2.38. The summed E-state index contributed by atoms with van der Waals surface area (Å²) in [6, 6.07) is 8.39. The minimum absolute atomic E-state index is 0.0576. The van der Waals surface area contributed by atoms with Crippen molar-refractivity contribution in [3.05, 3.63) is 29.8 Å². The third kappa shape index (κ3) is 4.47. The second-order valence-electron chi connectivity index (χ2n) is 6.58. The standard InChI is InChI=1S/C18H26N4O2/c1-12-9-15(12)22-18(19-2)20-11-13-5-3-6-14(10-13)21-17(23)16-7-4-8-24-16/h3,5-6,10,12,15-16H,4,7-9,11H2,1-2H3,(H,21,23)(H2,19,20,22). The van der Waals surface area contributed by atoms with Gasteiger partial charge < -0.3 is 20.7 Å². The first kappa shape index (κ1) is 16.8. The molecule has 0 spiro atoms. The fourth-order valence-electron chi connectivity index (χ4n) is 2.85. The molecule has 24 heavy (non-hydrogen) atoms. The van der Waals surface area contributed by atoms with Gasteiger partial charge >= 0.3 is 0 Å². The first-order valence-electron chi connectivity index (χ1n) is 8.64. The molecule has 1 amide bonds. The fourth-order valence-corrected chi connectivity index (χ4v) is 2.85. The number of ether oxygens (including phenoxy) is 1. The van der Waals surface area contributed by atoms with Gasteiger partial charge in [0.25, 0.3) is 5.91 Å². The quantitative estimate of drug-likeness (QED) is 0.569. The second kappa shape index (κ2) is 7.66. The highest BCUT2D eigenvalue weighted by molar-refractivity contribution is 5.94. The molecule has 1 heterocycles. The molecule has 2 aliphatic rings. The molecular formula is C18H26N4O2. The number of nitrogens with one attached hydrogen (secondary N) is 3. The number of benzene rings is 1. The average Bonchev–Trinajstić information content (AvgIpc) is 3.04. The van der Waals surface area contributed by atoms with E-state index in [-0.39, 0.29) is 12.0 Å². The third-order valence-corrected chi connectivity index (χ3v) is 4.53. The van der Waals surface area contributed by atoms with E-state index in [1.54, 1.807) is 7.05 Å². The normalized spacial score (nSPS) is 26.1. The Balaban J connectivity index is 1.51. The van der Waals surface area contributed by atoms with E-state index in [9.17, 15) is 4.79 Å². The average molecular weight is 330 g/mol. The van der Waals surface area contributed by atoms with Crippen LogP contribution in [-0.4, -0.2) is 37.7 Å². The van der Waals surface area contributed by atoms with Crippen LogP contribution in [0.1, 0.15) is 31.7 Å². The number of carbonyl (C=O) groups excluding carboxylic acids is 1. The minimum Gasteiger partial charge on any atom is -0.368 e. The van der Waals surface area contributed by atoms with Gasteiger partial charge in [0.05, 0.1) is 0 Å². The van der Waals surface area contributed by atoms with Crippen molar-refractivity contribution >= 4 is 17.6 Å². The fraction of sp³-hybridized carbons (Fsp3) is 0.556. The number of guanidine groups is 1. The minimum atomic E-state index is -0.310. The molecule has 0 aromatic heterocycles. The number of hydrogen-bond donors (Lipinski definition) is 3. The third-order valence-electron chi connectivity index (χ3n) is 4.53. The summed E-state index contributed by atoms with van der Waals surface area (Å²) < 4.78 is 5.41. The first-order valence-corrected chi connectivity index (χ1v) is 8.64. The van der Waals surface area contributed by atoms with Crippen LogP contribution in [0.3, 0.4) is 0 Å². The Bertz CT molecular complexity index is 611. The van der Waals surface area contributed by atoms with Gasteiger partial charge in [0.2, 0.25) is 0 Å². The van der Waals surface area contributed by atoms with Crippen LogP contribution in [0.2, 0.25) is 0 Å². The van der Waals surface area contributed by atoms with E-state index < -0.39 is 0 Å². The molecule has 6 nitrogen and oxygen atoms in total. The van der Waals surface area contributed by atoms with E-state index in [0.717, 1.165) is 36.0 Å². The molecule has 0 radical (unpaired) electrons. The van der Waals surface area contributed by atoms with Gasteiger partial charge in [-0.3, -0.25) is 9.79 Å². The molecule has 1 aromatic rings. The number of aliphatic imine (C=N–C) groups is 1. The zero-order valence-electron chi connectivity index (χ0n) is 14.3. The maximum atomic E-state index is 12.1. The molecule has 3 unspecified atom stereocenters. The summed E-state index contributed by atoms with van der Waals surface area (Å²) in [5.41, 5.74) is 1.89. The van der Waals surface area contributed by atoms with Gasteiger partial charge in [-0.1, -0.05) is 19.1 Å². The summed E-state index contributed by atoms with van der Waals surface area (Å²) in [4.78, 5) is 16.4. The first-order chi connectivity index (χ1) is 11.7. The Labute approximate surface area is 143 Å². The lowest BCUT2D eigenvalue weighted by Gasteiger charge is -2.13. The lowest BCUT2D eigenvalue weighted by atomic mass is 10.2. The van der Waals surface area contributed by atoms with E-state index in [0.29, 0.717) is 19.2 Å². The Morgan fingerprint density at radius 1 is 1.42 bits per heavy atom. The van der Waals surface area contributed by atoms with E-state index in [1.807, 2.05) is 24.3 Å². The number of anilines is 1. The molecular weight excluding hydrogens is 304 g/mol.